The Labute approximate surface area is 128 Å². The van der Waals surface area contributed by atoms with E-state index >= 15 is 0 Å². The Morgan fingerprint density at radius 1 is 1.42 bits per heavy atom. The Hall–Kier alpha value is -0.363. The van der Waals surface area contributed by atoms with Crippen LogP contribution >= 0.6 is 27.5 Å². The molecule has 0 aliphatic rings. The minimum Gasteiger partial charge on any atom is -0.361 e. The summed E-state index contributed by atoms with van der Waals surface area (Å²) in [6, 6.07) is 3.14. The van der Waals surface area contributed by atoms with Gasteiger partial charge in [0, 0.05) is 36.9 Å². The first kappa shape index (κ1) is 15.0. The number of aromatic nitrogens is 2. The predicted octanol–water partition coefficient (Wildman–Crippen LogP) is 4.76. The van der Waals surface area contributed by atoms with E-state index in [4.69, 9.17) is 16.3 Å². The van der Waals surface area contributed by atoms with Gasteiger partial charge in [0.15, 0.2) is 0 Å². The van der Waals surface area contributed by atoms with Crippen molar-refractivity contribution in [3.05, 3.63) is 28.0 Å². The first-order valence-electron chi connectivity index (χ1n) is 6.24. The quantitative estimate of drug-likeness (QED) is 0.567. The molecule has 0 N–H and O–H groups in total. The van der Waals surface area contributed by atoms with E-state index in [1.54, 1.807) is 6.20 Å². The van der Waals surface area contributed by atoms with Crippen LogP contribution in [0.2, 0.25) is 30.7 Å². The maximum Gasteiger partial charge on any atom is 0.143 e. The van der Waals surface area contributed by atoms with E-state index < -0.39 is 8.07 Å². The lowest BCUT2D eigenvalue weighted by Crippen LogP contribution is -2.22. The summed E-state index contributed by atoms with van der Waals surface area (Å²) in [7, 11) is -1.03. The zero-order valence-electron chi connectivity index (χ0n) is 11.4. The molecule has 2 aromatic rings. The molecule has 0 amide bonds. The third kappa shape index (κ3) is 4.05. The minimum absolute atomic E-state index is 0.502. The van der Waals surface area contributed by atoms with E-state index in [2.05, 4.69) is 40.6 Å². The molecule has 0 fully saturated rings. The topological polar surface area (TPSA) is 27.1 Å². The summed E-state index contributed by atoms with van der Waals surface area (Å²) in [5, 5.41) is 1.66. The van der Waals surface area contributed by atoms with Gasteiger partial charge in [-0.1, -0.05) is 31.2 Å². The van der Waals surface area contributed by atoms with Crippen LogP contribution in [0.1, 0.15) is 0 Å². The molecule has 6 heteroatoms. The fourth-order valence-corrected chi connectivity index (χ4v) is 3.09. The van der Waals surface area contributed by atoms with Gasteiger partial charge in [0.25, 0.3) is 0 Å². The molecular weight excluding hydrogens is 344 g/mol. The number of fused-ring (bicyclic) bond motifs is 1. The molecule has 2 aromatic heterocycles. The minimum atomic E-state index is -1.03. The summed E-state index contributed by atoms with van der Waals surface area (Å²) in [6.07, 6.45) is 3.65. The van der Waals surface area contributed by atoms with Crippen LogP contribution in [0, 0.1) is 0 Å². The second-order valence-corrected chi connectivity index (χ2v) is 12.8. The van der Waals surface area contributed by atoms with Crippen molar-refractivity contribution in [1.82, 2.24) is 9.55 Å². The van der Waals surface area contributed by atoms with Crippen molar-refractivity contribution in [1.29, 1.82) is 0 Å². The van der Waals surface area contributed by atoms with Crippen LogP contribution in [-0.4, -0.2) is 24.2 Å². The lowest BCUT2D eigenvalue weighted by Gasteiger charge is -2.15. The van der Waals surface area contributed by atoms with Crippen LogP contribution in [-0.2, 0) is 11.5 Å². The SMILES string of the molecule is C[Si](C)(C)CCOCn1cc(Cl)c2cc(Br)cnc21. The Morgan fingerprint density at radius 3 is 2.84 bits per heavy atom. The van der Waals surface area contributed by atoms with E-state index in [0.29, 0.717) is 11.8 Å². The smallest absolute Gasteiger partial charge is 0.143 e. The molecule has 0 unspecified atom stereocenters. The van der Waals surface area contributed by atoms with Gasteiger partial charge in [-0.05, 0) is 28.0 Å². The van der Waals surface area contributed by atoms with Crippen molar-refractivity contribution in [3.63, 3.8) is 0 Å². The predicted molar refractivity (Wildman–Crippen MR) is 86.5 cm³/mol. The van der Waals surface area contributed by atoms with E-state index in [1.165, 1.54) is 6.04 Å². The molecule has 0 aliphatic heterocycles. The molecule has 2 rings (SSSR count). The highest BCUT2D eigenvalue weighted by Crippen LogP contribution is 2.26. The van der Waals surface area contributed by atoms with Crippen molar-refractivity contribution < 1.29 is 4.74 Å². The van der Waals surface area contributed by atoms with Gasteiger partial charge < -0.3 is 9.30 Å². The van der Waals surface area contributed by atoms with Gasteiger partial charge in [0.1, 0.15) is 12.4 Å². The number of nitrogens with zero attached hydrogens (tertiary/aromatic N) is 2. The molecule has 2 heterocycles. The van der Waals surface area contributed by atoms with Crippen LogP contribution in [0.25, 0.3) is 11.0 Å². The third-order valence-corrected chi connectivity index (χ3v) is 5.30. The van der Waals surface area contributed by atoms with Gasteiger partial charge in [-0.3, -0.25) is 0 Å². The molecule has 0 saturated heterocycles. The van der Waals surface area contributed by atoms with E-state index in [1.807, 2.05) is 16.8 Å². The average Bonchev–Trinajstić information content (AvgIpc) is 2.60. The first-order chi connectivity index (χ1) is 8.87. The third-order valence-electron chi connectivity index (χ3n) is 2.86. The van der Waals surface area contributed by atoms with E-state index in [-0.39, 0.29) is 0 Å². The number of rotatable bonds is 5. The zero-order chi connectivity index (χ0) is 14.0. The van der Waals surface area contributed by atoms with Crippen molar-refractivity contribution in [3.8, 4) is 0 Å². The van der Waals surface area contributed by atoms with Crippen LogP contribution in [0.15, 0.2) is 22.9 Å². The molecule has 0 saturated carbocycles. The molecule has 3 nitrogen and oxygen atoms in total. The largest absolute Gasteiger partial charge is 0.361 e. The Kier molecular flexibility index (Phi) is 4.71. The highest BCUT2D eigenvalue weighted by atomic mass is 79.9. The summed E-state index contributed by atoms with van der Waals surface area (Å²) in [6.45, 7) is 8.33. The summed E-state index contributed by atoms with van der Waals surface area (Å²) in [5.41, 5.74) is 0.862. The summed E-state index contributed by atoms with van der Waals surface area (Å²) < 4.78 is 8.62. The lowest BCUT2D eigenvalue weighted by molar-refractivity contribution is 0.0899. The highest BCUT2D eigenvalue weighted by molar-refractivity contribution is 9.10. The van der Waals surface area contributed by atoms with Gasteiger partial charge in [-0.15, -0.1) is 0 Å². The van der Waals surface area contributed by atoms with Crippen molar-refractivity contribution in [2.45, 2.75) is 32.4 Å². The normalized spacial score (nSPS) is 12.3. The van der Waals surface area contributed by atoms with Gasteiger partial charge in [0.05, 0.1) is 5.02 Å². The summed E-state index contributed by atoms with van der Waals surface area (Å²) in [5.74, 6) is 0. The Bertz CT molecular complexity index is 580. The summed E-state index contributed by atoms with van der Waals surface area (Å²) >= 11 is 9.61. The standard InChI is InChI=1S/C13H18BrClN2OSi/c1-19(2,3)5-4-18-9-17-8-12(15)11-6-10(14)7-16-13(11)17/h6-8H,4-5,9H2,1-3H3. The fourth-order valence-electron chi connectivity index (χ4n) is 1.74. The molecule has 0 bridgehead atoms. The Morgan fingerprint density at radius 2 is 2.16 bits per heavy atom. The molecule has 104 valence electrons. The van der Waals surface area contributed by atoms with Gasteiger partial charge in [-0.2, -0.15) is 0 Å². The highest BCUT2D eigenvalue weighted by Gasteiger charge is 2.13. The lowest BCUT2D eigenvalue weighted by atomic mass is 10.3. The molecular formula is C13H18BrClN2OSi. The van der Waals surface area contributed by atoms with Crippen LogP contribution in [0.5, 0.6) is 0 Å². The van der Waals surface area contributed by atoms with Gasteiger partial charge >= 0.3 is 0 Å². The maximum absolute atomic E-state index is 6.20. The summed E-state index contributed by atoms with van der Waals surface area (Å²) in [4.78, 5) is 4.39. The number of hydrogen-bond acceptors (Lipinski definition) is 2. The van der Waals surface area contributed by atoms with Crippen molar-refractivity contribution >= 4 is 46.6 Å². The van der Waals surface area contributed by atoms with Crippen molar-refractivity contribution in [2.75, 3.05) is 6.61 Å². The maximum atomic E-state index is 6.20. The molecule has 0 aromatic carbocycles. The van der Waals surface area contributed by atoms with Crippen molar-refractivity contribution in [2.24, 2.45) is 0 Å². The molecule has 0 radical (unpaired) electrons. The first-order valence-corrected chi connectivity index (χ1v) is 11.1. The van der Waals surface area contributed by atoms with Gasteiger partial charge in [0.2, 0.25) is 0 Å². The molecule has 0 atom stereocenters. The molecule has 0 spiro atoms. The molecule has 0 aliphatic carbocycles. The van der Waals surface area contributed by atoms with E-state index in [0.717, 1.165) is 22.1 Å². The molecule has 19 heavy (non-hydrogen) atoms. The monoisotopic (exact) mass is 360 g/mol. The van der Waals surface area contributed by atoms with Gasteiger partial charge in [-0.25, -0.2) is 4.98 Å². The second-order valence-electron chi connectivity index (χ2n) is 5.82. The number of hydrogen-bond donors (Lipinski definition) is 0. The van der Waals surface area contributed by atoms with E-state index in [9.17, 15) is 0 Å². The number of ether oxygens (including phenoxy) is 1. The van der Waals surface area contributed by atoms with Crippen LogP contribution in [0.3, 0.4) is 0 Å². The average molecular weight is 362 g/mol. The second kappa shape index (κ2) is 5.95. The van der Waals surface area contributed by atoms with Crippen LogP contribution < -0.4 is 0 Å². The Balaban J connectivity index is 2.05. The zero-order valence-corrected chi connectivity index (χ0v) is 14.8. The number of halogens is 2. The number of pyridine rings is 1. The van der Waals surface area contributed by atoms with Crippen LogP contribution in [0.4, 0.5) is 0 Å². The fraction of sp³-hybridized carbons (Fsp3) is 0.462.